The van der Waals surface area contributed by atoms with E-state index in [1.54, 1.807) is 30.3 Å². The molecule has 2 aromatic rings. The third-order valence-electron chi connectivity index (χ3n) is 3.80. The fraction of sp³-hybridized carbons (Fsp3) is 0.300. The van der Waals surface area contributed by atoms with Crippen LogP contribution in [0.3, 0.4) is 0 Å². The van der Waals surface area contributed by atoms with Gasteiger partial charge in [-0.15, -0.1) is 0 Å². The Balaban J connectivity index is 2.21. The van der Waals surface area contributed by atoms with E-state index in [2.05, 4.69) is 6.92 Å². The van der Waals surface area contributed by atoms with Crippen LogP contribution in [0.4, 0.5) is 0 Å². The van der Waals surface area contributed by atoms with Gasteiger partial charge in [0, 0.05) is 18.2 Å². The number of rotatable bonds is 8. The maximum absolute atomic E-state index is 12.7. The summed E-state index contributed by atoms with van der Waals surface area (Å²) in [5.41, 5.74) is 2.12. The first-order chi connectivity index (χ1) is 11.2. The molecule has 0 aliphatic carbocycles. The first kappa shape index (κ1) is 17.1. The molecule has 0 heterocycles. The maximum atomic E-state index is 12.7. The number of aryl methyl sites for hydroxylation is 1. The van der Waals surface area contributed by atoms with Crippen LogP contribution in [0.5, 0.6) is 0 Å². The van der Waals surface area contributed by atoms with Crippen molar-refractivity contribution in [2.45, 2.75) is 32.3 Å². The fourth-order valence-electron chi connectivity index (χ4n) is 2.50. The molecule has 3 heteroatoms. The number of carbonyl (C=O) groups is 2. The van der Waals surface area contributed by atoms with Gasteiger partial charge in [0.05, 0.1) is 0 Å². The third kappa shape index (κ3) is 4.36. The highest BCUT2D eigenvalue weighted by Crippen LogP contribution is 2.15. The highest BCUT2D eigenvalue weighted by atomic mass is 16.5. The molecule has 3 nitrogen and oxygen atoms in total. The average Bonchev–Trinajstić information content (AvgIpc) is 2.61. The molecule has 1 unspecified atom stereocenters. The minimum atomic E-state index is -1.10. The predicted molar refractivity (Wildman–Crippen MR) is 91.0 cm³/mol. The van der Waals surface area contributed by atoms with Crippen LogP contribution in [0.2, 0.25) is 0 Å². The number of ether oxygens (including phenoxy) is 1. The quantitative estimate of drug-likeness (QED) is 0.544. The fourth-order valence-corrected chi connectivity index (χ4v) is 2.50. The lowest BCUT2D eigenvalue weighted by Crippen LogP contribution is -2.32. The van der Waals surface area contributed by atoms with Gasteiger partial charge in [0.25, 0.3) is 0 Å². The summed E-state index contributed by atoms with van der Waals surface area (Å²) < 4.78 is 5.20. The van der Waals surface area contributed by atoms with Crippen LogP contribution in [0.1, 0.15) is 46.0 Å². The molecular formula is C20H22O3. The Hall–Kier alpha value is -2.26. The predicted octanol–water partition coefficient (Wildman–Crippen LogP) is 4.11. The SMILES string of the molecule is CCCCc1cccc(C(=O)C(OC)C(=O)c2ccccc2)c1. The van der Waals surface area contributed by atoms with Gasteiger partial charge < -0.3 is 4.74 Å². The van der Waals surface area contributed by atoms with E-state index < -0.39 is 6.10 Å². The van der Waals surface area contributed by atoms with Crippen molar-refractivity contribution in [1.29, 1.82) is 0 Å². The Morgan fingerprint density at radius 1 is 0.957 bits per heavy atom. The number of hydrogen-bond acceptors (Lipinski definition) is 3. The summed E-state index contributed by atoms with van der Waals surface area (Å²) >= 11 is 0. The second kappa shape index (κ2) is 8.39. The van der Waals surface area contributed by atoms with Crippen molar-refractivity contribution in [3.05, 3.63) is 71.3 Å². The van der Waals surface area contributed by atoms with Gasteiger partial charge >= 0.3 is 0 Å². The molecule has 2 aromatic carbocycles. The van der Waals surface area contributed by atoms with E-state index in [1.165, 1.54) is 7.11 Å². The van der Waals surface area contributed by atoms with Crippen molar-refractivity contribution in [2.24, 2.45) is 0 Å². The molecule has 1 atom stereocenters. The van der Waals surface area contributed by atoms with Gasteiger partial charge in [-0.1, -0.05) is 61.9 Å². The molecule has 23 heavy (non-hydrogen) atoms. The number of methoxy groups -OCH3 is 1. The molecule has 0 aliphatic heterocycles. The molecule has 0 aromatic heterocycles. The molecule has 0 saturated carbocycles. The number of ketones is 2. The smallest absolute Gasteiger partial charge is 0.199 e. The topological polar surface area (TPSA) is 43.4 Å². The molecule has 120 valence electrons. The van der Waals surface area contributed by atoms with Crippen LogP contribution < -0.4 is 0 Å². The molecule has 0 saturated heterocycles. The van der Waals surface area contributed by atoms with E-state index in [0.29, 0.717) is 11.1 Å². The maximum Gasteiger partial charge on any atom is 0.199 e. The minimum absolute atomic E-state index is 0.292. The Kier molecular flexibility index (Phi) is 6.24. The van der Waals surface area contributed by atoms with Gasteiger partial charge in [-0.25, -0.2) is 0 Å². The Morgan fingerprint density at radius 3 is 2.26 bits per heavy atom. The lowest BCUT2D eigenvalue weighted by Gasteiger charge is -2.14. The van der Waals surface area contributed by atoms with Crippen molar-refractivity contribution >= 4 is 11.6 Å². The number of Topliss-reactive ketones (excluding diaryl/α,β-unsaturated/α-hetero) is 2. The van der Waals surface area contributed by atoms with Crippen molar-refractivity contribution in [2.75, 3.05) is 7.11 Å². The lowest BCUT2D eigenvalue weighted by atomic mass is 9.96. The van der Waals surface area contributed by atoms with Crippen LogP contribution in [-0.2, 0) is 11.2 Å². The van der Waals surface area contributed by atoms with Crippen molar-refractivity contribution in [3.63, 3.8) is 0 Å². The summed E-state index contributed by atoms with van der Waals surface area (Å²) in [4.78, 5) is 25.2. The van der Waals surface area contributed by atoms with Crippen molar-refractivity contribution < 1.29 is 14.3 Å². The zero-order valence-electron chi connectivity index (χ0n) is 13.6. The van der Waals surface area contributed by atoms with Crippen LogP contribution in [-0.4, -0.2) is 24.8 Å². The largest absolute Gasteiger partial charge is 0.365 e. The second-order valence-corrected chi connectivity index (χ2v) is 5.51. The van der Waals surface area contributed by atoms with Crippen molar-refractivity contribution in [1.82, 2.24) is 0 Å². The van der Waals surface area contributed by atoms with E-state index >= 15 is 0 Å². The van der Waals surface area contributed by atoms with Crippen LogP contribution in [0, 0.1) is 0 Å². The molecule has 0 aliphatic rings. The Labute approximate surface area is 137 Å². The average molecular weight is 310 g/mol. The first-order valence-corrected chi connectivity index (χ1v) is 7.92. The number of unbranched alkanes of at least 4 members (excludes halogenated alkanes) is 1. The summed E-state index contributed by atoms with van der Waals surface area (Å²) in [6, 6.07) is 16.2. The van der Waals surface area contributed by atoms with E-state index in [0.717, 1.165) is 24.8 Å². The standard InChI is InChI=1S/C20H22O3/c1-3-4-9-15-10-8-13-17(14-15)19(22)20(23-2)18(21)16-11-6-5-7-12-16/h5-8,10-14,20H,3-4,9H2,1-2H3. The summed E-state index contributed by atoms with van der Waals surface area (Å²) in [6.07, 6.45) is 2.01. The van der Waals surface area contributed by atoms with Crippen LogP contribution >= 0.6 is 0 Å². The van der Waals surface area contributed by atoms with E-state index in [9.17, 15) is 9.59 Å². The molecule has 0 spiro atoms. The second-order valence-electron chi connectivity index (χ2n) is 5.51. The molecular weight excluding hydrogens is 288 g/mol. The molecule has 0 bridgehead atoms. The molecule has 2 rings (SSSR count). The third-order valence-corrected chi connectivity index (χ3v) is 3.80. The zero-order valence-corrected chi connectivity index (χ0v) is 13.6. The Bertz CT molecular complexity index is 662. The molecule has 0 radical (unpaired) electrons. The Morgan fingerprint density at radius 2 is 1.61 bits per heavy atom. The summed E-state index contributed by atoms with van der Waals surface area (Å²) in [7, 11) is 1.39. The van der Waals surface area contributed by atoms with Crippen LogP contribution in [0.15, 0.2) is 54.6 Å². The normalized spacial score (nSPS) is 11.9. The van der Waals surface area contributed by atoms with Gasteiger partial charge in [-0.2, -0.15) is 0 Å². The first-order valence-electron chi connectivity index (χ1n) is 7.92. The molecule has 0 N–H and O–H groups in total. The number of carbonyl (C=O) groups excluding carboxylic acids is 2. The van der Waals surface area contributed by atoms with Gasteiger partial charge in [0.2, 0.25) is 0 Å². The zero-order chi connectivity index (χ0) is 16.7. The highest BCUT2D eigenvalue weighted by molar-refractivity contribution is 6.18. The summed E-state index contributed by atoms with van der Waals surface area (Å²) in [6.45, 7) is 2.13. The van der Waals surface area contributed by atoms with Crippen LogP contribution in [0.25, 0.3) is 0 Å². The van der Waals surface area contributed by atoms with Gasteiger partial charge in [-0.3, -0.25) is 9.59 Å². The molecule has 0 amide bonds. The van der Waals surface area contributed by atoms with Gasteiger partial charge in [0.1, 0.15) is 0 Å². The summed E-state index contributed by atoms with van der Waals surface area (Å²) in [5.74, 6) is -0.600. The van der Waals surface area contributed by atoms with E-state index in [1.807, 2.05) is 24.3 Å². The highest BCUT2D eigenvalue weighted by Gasteiger charge is 2.28. The number of benzene rings is 2. The number of hydrogen-bond donors (Lipinski definition) is 0. The summed E-state index contributed by atoms with van der Waals surface area (Å²) in [5, 5.41) is 0. The lowest BCUT2D eigenvalue weighted by molar-refractivity contribution is 0.0513. The minimum Gasteiger partial charge on any atom is -0.365 e. The van der Waals surface area contributed by atoms with Gasteiger partial charge in [-0.05, 0) is 24.5 Å². The van der Waals surface area contributed by atoms with Crippen molar-refractivity contribution in [3.8, 4) is 0 Å². The van der Waals surface area contributed by atoms with E-state index in [-0.39, 0.29) is 11.6 Å². The van der Waals surface area contributed by atoms with Gasteiger partial charge in [0.15, 0.2) is 17.7 Å². The monoisotopic (exact) mass is 310 g/mol. The van der Waals surface area contributed by atoms with E-state index in [4.69, 9.17) is 4.74 Å². The molecule has 0 fully saturated rings.